The van der Waals surface area contributed by atoms with Crippen LogP contribution in [0.1, 0.15) is 130 Å². The maximum Gasteiger partial charge on any atom is 0.356 e. The Morgan fingerprint density at radius 3 is 1.39 bits per heavy atom. The number of carbonyl (C=O) groups is 2. The van der Waals surface area contributed by atoms with Crippen molar-refractivity contribution in [1.29, 1.82) is 0 Å². The predicted molar refractivity (Wildman–Crippen MR) is 118 cm³/mol. The highest BCUT2D eigenvalue weighted by Crippen LogP contribution is 2.17. The van der Waals surface area contributed by atoms with Gasteiger partial charge in [0.1, 0.15) is 5.54 Å². The van der Waals surface area contributed by atoms with Crippen LogP contribution in [0.5, 0.6) is 0 Å². The molecule has 2 amide bonds. The Morgan fingerprint density at radius 1 is 0.679 bits per heavy atom. The van der Waals surface area contributed by atoms with Gasteiger partial charge in [0.2, 0.25) is 0 Å². The average molecular weight is 396 g/mol. The van der Waals surface area contributed by atoms with Crippen molar-refractivity contribution in [3.05, 3.63) is 0 Å². The molecule has 0 unspecified atom stereocenters. The highest BCUT2D eigenvalue weighted by molar-refractivity contribution is 5.87. The van der Waals surface area contributed by atoms with Gasteiger partial charge in [0, 0.05) is 6.42 Å². The summed E-state index contributed by atoms with van der Waals surface area (Å²) in [6.07, 6.45) is 21.5. The number of nitrogens with zero attached hydrogens (tertiary/aromatic N) is 2. The minimum atomic E-state index is -0.954. The fraction of sp³-hybridized carbons (Fsp3) is 0.913. The van der Waals surface area contributed by atoms with Crippen LogP contribution < -0.4 is 5.73 Å². The summed E-state index contributed by atoms with van der Waals surface area (Å²) in [6.45, 7) is 5.62. The van der Waals surface area contributed by atoms with Crippen molar-refractivity contribution in [2.24, 2.45) is 16.0 Å². The summed E-state index contributed by atoms with van der Waals surface area (Å²) in [5, 5.41) is 7.03. The topological polar surface area (TPSA) is 84.9 Å². The third-order valence-corrected chi connectivity index (χ3v) is 5.34. The highest BCUT2D eigenvalue weighted by atomic mass is 16.2. The molecule has 0 bridgehead atoms. The standard InChI is InChI=1S/C23H45N3O2/c1-4-5-6-7-8-9-10-11-12-13-14-15-16-17-18-19-20-21(27)23(2,3)26-25-22(24)28/h4-20H2,1-3H3,(H2,24,28). The Bertz CT molecular complexity index is 434. The van der Waals surface area contributed by atoms with Crippen LogP contribution in [-0.2, 0) is 4.79 Å². The lowest BCUT2D eigenvalue weighted by atomic mass is 9.95. The number of primary amides is 1. The molecule has 0 spiro atoms. The zero-order chi connectivity index (χ0) is 21.1. The Labute approximate surface area is 173 Å². The molecule has 5 nitrogen and oxygen atoms in total. The van der Waals surface area contributed by atoms with Gasteiger partial charge >= 0.3 is 6.03 Å². The van der Waals surface area contributed by atoms with Crippen LogP contribution in [0.3, 0.4) is 0 Å². The molecule has 164 valence electrons. The lowest BCUT2D eigenvalue weighted by Gasteiger charge is -2.15. The molecule has 0 heterocycles. The van der Waals surface area contributed by atoms with E-state index in [9.17, 15) is 9.59 Å². The van der Waals surface area contributed by atoms with Crippen molar-refractivity contribution in [3.8, 4) is 0 Å². The van der Waals surface area contributed by atoms with E-state index in [4.69, 9.17) is 5.73 Å². The second-order valence-electron chi connectivity index (χ2n) is 8.57. The molecular formula is C23H45N3O2. The average Bonchev–Trinajstić information content (AvgIpc) is 2.66. The van der Waals surface area contributed by atoms with E-state index in [2.05, 4.69) is 17.2 Å². The van der Waals surface area contributed by atoms with Gasteiger partial charge in [-0.1, -0.05) is 108 Å². The van der Waals surface area contributed by atoms with Gasteiger partial charge in [0.25, 0.3) is 0 Å². The quantitative estimate of drug-likeness (QED) is 0.181. The molecule has 2 N–H and O–H groups in total. The minimum absolute atomic E-state index is 0.0165. The lowest BCUT2D eigenvalue weighted by molar-refractivity contribution is -0.123. The van der Waals surface area contributed by atoms with Gasteiger partial charge in [-0.05, 0) is 20.3 Å². The Kier molecular flexibility index (Phi) is 17.0. The second-order valence-corrected chi connectivity index (χ2v) is 8.57. The first-order valence-electron chi connectivity index (χ1n) is 11.7. The van der Waals surface area contributed by atoms with E-state index in [-0.39, 0.29) is 5.78 Å². The second kappa shape index (κ2) is 17.8. The molecule has 28 heavy (non-hydrogen) atoms. The van der Waals surface area contributed by atoms with Gasteiger partial charge in [-0.2, -0.15) is 5.11 Å². The van der Waals surface area contributed by atoms with Crippen LogP contribution in [0.15, 0.2) is 10.2 Å². The molecule has 0 aromatic rings. The van der Waals surface area contributed by atoms with Gasteiger partial charge < -0.3 is 5.73 Å². The van der Waals surface area contributed by atoms with Gasteiger partial charge in [-0.25, -0.2) is 4.79 Å². The summed E-state index contributed by atoms with van der Waals surface area (Å²) in [5.41, 5.74) is 3.98. The van der Waals surface area contributed by atoms with Crippen LogP contribution in [0, 0.1) is 0 Å². The summed E-state index contributed by atoms with van der Waals surface area (Å²) in [5.74, 6) is 0.0165. The van der Waals surface area contributed by atoms with E-state index < -0.39 is 11.6 Å². The maximum atomic E-state index is 12.1. The number of azo groups is 1. The molecule has 0 aromatic carbocycles. The summed E-state index contributed by atoms with van der Waals surface area (Å²) < 4.78 is 0. The summed E-state index contributed by atoms with van der Waals surface area (Å²) in [6, 6.07) is -0.858. The first kappa shape index (κ1) is 26.7. The Balaban J connectivity index is 3.40. The molecule has 0 radical (unpaired) electrons. The minimum Gasteiger partial charge on any atom is -0.348 e. The first-order valence-corrected chi connectivity index (χ1v) is 11.7. The Hall–Kier alpha value is -1.26. The molecule has 0 aliphatic carbocycles. The van der Waals surface area contributed by atoms with Gasteiger partial charge in [-0.3, -0.25) is 4.79 Å². The molecule has 5 heteroatoms. The van der Waals surface area contributed by atoms with Crippen molar-refractivity contribution < 1.29 is 9.59 Å². The van der Waals surface area contributed by atoms with E-state index in [1.807, 2.05) is 0 Å². The van der Waals surface area contributed by atoms with Crippen LogP contribution in [-0.4, -0.2) is 17.4 Å². The molecule has 0 aromatic heterocycles. The number of hydrogen-bond donors (Lipinski definition) is 1. The van der Waals surface area contributed by atoms with Crippen LogP contribution in [0.25, 0.3) is 0 Å². The lowest BCUT2D eigenvalue weighted by Crippen LogP contribution is -2.29. The number of rotatable bonds is 19. The van der Waals surface area contributed by atoms with Crippen molar-refractivity contribution in [3.63, 3.8) is 0 Å². The number of carbonyl (C=O) groups excluding carboxylic acids is 2. The smallest absolute Gasteiger partial charge is 0.348 e. The van der Waals surface area contributed by atoms with Crippen molar-refractivity contribution >= 4 is 11.8 Å². The maximum absolute atomic E-state index is 12.1. The number of urea groups is 1. The SMILES string of the molecule is CCCCCCCCCCCCCCCCCCC(=O)C(C)(C)N=NC(N)=O. The normalized spacial score (nSPS) is 12.0. The molecule has 0 aliphatic rings. The van der Waals surface area contributed by atoms with Crippen LogP contribution in [0.4, 0.5) is 4.79 Å². The van der Waals surface area contributed by atoms with Gasteiger partial charge in [-0.15, -0.1) is 0 Å². The number of ketones is 1. The monoisotopic (exact) mass is 395 g/mol. The van der Waals surface area contributed by atoms with E-state index >= 15 is 0 Å². The van der Waals surface area contributed by atoms with Gasteiger partial charge in [0.15, 0.2) is 5.78 Å². The number of amides is 2. The number of unbranched alkanes of at least 4 members (excludes halogenated alkanes) is 15. The summed E-state index contributed by atoms with van der Waals surface area (Å²) >= 11 is 0. The number of hydrogen-bond acceptors (Lipinski definition) is 3. The van der Waals surface area contributed by atoms with E-state index in [0.717, 1.165) is 12.8 Å². The van der Waals surface area contributed by atoms with Crippen LogP contribution >= 0.6 is 0 Å². The zero-order valence-corrected chi connectivity index (χ0v) is 18.8. The van der Waals surface area contributed by atoms with E-state index in [1.165, 1.54) is 89.9 Å². The zero-order valence-electron chi connectivity index (χ0n) is 18.8. The first-order chi connectivity index (χ1) is 13.4. The molecule has 0 saturated heterocycles. The van der Waals surface area contributed by atoms with Crippen molar-refractivity contribution in [2.45, 2.75) is 135 Å². The molecule has 0 rings (SSSR count). The molecule has 0 saturated carbocycles. The molecule has 0 atom stereocenters. The van der Waals surface area contributed by atoms with E-state index in [0.29, 0.717) is 6.42 Å². The Morgan fingerprint density at radius 2 is 1.04 bits per heavy atom. The van der Waals surface area contributed by atoms with Crippen molar-refractivity contribution in [1.82, 2.24) is 0 Å². The largest absolute Gasteiger partial charge is 0.356 e. The van der Waals surface area contributed by atoms with Gasteiger partial charge in [0.05, 0.1) is 0 Å². The highest BCUT2D eigenvalue weighted by Gasteiger charge is 2.26. The number of nitrogens with two attached hydrogens (primary N) is 1. The third kappa shape index (κ3) is 16.9. The third-order valence-electron chi connectivity index (χ3n) is 5.34. The summed E-state index contributed by atoms with van der Waals surface area (Å²) in [4.78, 5) is 22.8. The van der Waals surface area contributed by atoms with Crippen molar-refractivity contribution in [2.75, 3.05) is 0 Å². The van der Waals surface area contributed by atoms with E-state index in [1.54, 1.807) is 13.8 Å². The fourth-order valence-corrected chi connectivity index (χ4v) is 3.37. The molecular weight excluding hydrogens is 350 g/mol. The molecule has 0 fully saturated rings. The molecule has 0 aliphatic heterocycles. The fourth-order valence-electron chi connectivity index (χ4n) is 3.37. The number of Topliss-reactive ketones (excluding diaryl/α,β-unsaturated/α-hetero) is 1. The summed E-state index contributed by atoms with van der Waals surface area (Å²) in [7, 11) is 0. The predicted octanol–water partition coefficient (Wildman–Crippen LogP) is 7.52. The van der Waals surface area contributed by atoms with Crippen LogP contribution in [0.2, 0.25) is 0 Å².